The summed E-state index contributed by atoms with van der Waals surface area (Å²) >= 11 is 0. The van der Waals surface area contributed by atoms with E-state index < -0.39 is 21.9 Å². The third kappa shape index (κ3) is 2.09. The zero-order valence-corrected chi connectivity index (χ0v) is 9.32. The summed E-state index contributed by atoms with van der Waals surface area (Å²) in [5.41, 5.74) is 0. The van der Waals surface area contributed by atoms with E-state index in [2.05, 4.69) is 0 Å². The minimum atomic E-state index is -3.66. The number of sulfonamides is 1. The maximum atomic E-state index is 12.9. The van der Waals surface area contributed by atoms with Crippen molar-refractivity contribution in [3.05, 3.63) is 30.1 Å². The highest BCUT2D eigenvalue weighted by molar-refractivity contribution is 7.89. The molecule has 1 fully saturated rings. The fraction of sp³-hybridized carbons (Fsp3) is 0.400. The van der Waals surface area contributed by atoms with E-state index in [9.17, 15) is 17.9 Å². The van der Waals surface area contributed by atoms with Crippen LogP contribution in [0.15, 0.2) is 29.2 Å². The number of rotatable bonds is 2. The minimum Gasteiger partial charge on any atom is -0.392 e. The molecule has 1 atom stereocenters. The molecule has 1 aromatic carbocycles. The Kier molecular flexibility index (Phi) is 2.96. The normalized spacial score (nSPS) is 22.5. The van der Waals surface area contributed by atoms with Crippen LogP contribution in [0.1, 0.15) is 6.42 Å². The van der Waals surface area contributed by atoms with E-state index >= 15 is 0 Å². The predicted octanol–water partition coefficient (Wildman–Crippen LogP) is 0.581. The van der Waals surface area contributed by atoms with Gasteiger partial charge in [0.1, 0.15) is 5.82 Å². The Hall–Kier alpha value is -0.980. The Labute approximate surface area is 93.4 Å². The first-order chi connectivity index (χ1) is 7.50. The maximum absolute atomic E-state index is 12.9. The Bertz CT molecular complexity index is 489. The third-order valence-electron chi connectivity index (χ3n) is 2.56. The Morgan fingerprint density at radius 2 is 2.19 bits per heavy atom. The second-order valence-electron chi connectivity index (χ2n) is 3.76. The summed E-state index contributed by atoms with van der Waals surface area (Å²) in [5, 5.41) is 9.28. The second-order valence-corrected chi connectivity index (χ2v) is 5.70. The molecule has 16 heavy (non-hydrogen) atoms. The quantitative estimate of drug-likeness (QED) is 0.829. The van der Waals surface area contributed by atoms with Crippen LogP contribution in [0.5, 0.6) is 0 Å². The van der Waals surface area contributed by atoms with Gasteiger partial charge in [-0.15, -0.1) is 0 Å². The van der Waals surface area contributed by atoms with E-state index in [4.69, 9.17) is 0 Å². The Morgan fingerprint density at radius 1 is 1.44 bits per heavy atom. The molecule has 88 valence electrons. The summed E-state index contributed by atoms with van der Waals surface area (Å²) in [5.74, 6) is -0.583. The van der Waals surface area contributed by atoms with Crippen molar-refractivity contribution in [2.45, 2.75) is 17.4 Å². The fourth-order valence-corrected chi connectivity index (χ4v) is 3.23. The molecule has 1 aromatic rings. The predicted molar refractivity (Wildman–Crippen MR) is 55.8 cm³/mol. The smallest absolute Gasteiger partial charge is 0.243 e. The van der Waals surface area contributed by atoms with E-state index in [-0.39, 0.29) is 18.0 Å². The number of hydrogen-bond donors (Lipinski definition) is 1. The maximum Gasteiger partial charge on any atom is 0.243 e. The third-order valence-corrected chi connectivity index (χ3v) is 4.42. The first-order valence-electron chi connectivity index (χ1n) is 4.94. The van der Waals surface area contributed by atoms with Crippen LogP contribution < -0.4 is 0 Å². The molecule has 1 heterocycles. The van der Waals surface area contributed by atoms with E-state index in [0.717, 1.165) is 6.07 Å². The first kappa shape index (κ1) is 11.5. The van der Waals surface area contributed by atoms with Crippen molar-refractivity contribution < 1.29 is 17.9 Å². The van der Waals surface area contributed by atoms with Crippen LogP contribution in [0.3, 0.4) is 0 Å². The summed E-state index contributed by atoms with van der Waals surface area (Å²) < 4.78 is 38.1. The number of aliphatic hydroxyl groups is 1. The molecule has 1 saturated heterocycles. The van der Waals surface area contributed by atoms with E-state index in [1.807, 2.05) is 0 Å². The molecule has 0 saturated carbocycles. The van der Waals surface area contributed by atoms with Crippen molar-refractivity contribution in [2.24, 2.45) is 0 Å². The van der Waals surface area contributed by atoms with Gasteiger partial charge in [-0.1, -0.05) is 6.07 Å². The van der Waals surface area contributed by atoms with Crippen LogP contribution >= 0.6 is 0 Å². The van der Waals surface area contributed by atoms with Crippen LogP contribution in [0.4, 0.5) is 4.39 Å². The van der Waals surface area contributed by atoms with Crippen LogP contribution in [0, 0.1) is 5.82 Å². The van der Waals surface area contributed by atoms with Crippen molar-refractivity contribution in [2.75, 3.05) is 13.1 Å². The molecule has 0 spiro atoms. The topological polar surface area (TPSA) is 57.6 Å². The molecule has 0 radical (unpaired) electrons. The summed E-state index contributed by atoms with van der Waals surface area (Å²) in [6.45, 7) is 0.360. The number of β-amino-alcohol motifs (C(OH)–C–C–N with tert-alkyl or cyclic N) is 1. The van der Waals surface area contributed by atoms with Crippen molar-refractivity contribution in [3.63, 3.8) is 0 Å². The number of nitrogens with zero attached hydrogens (tertiary/aromatic N) is 1. The molecule has 0 amide bonds. The molecule has 2 rings (SSSR count). The molecule has 4 nitrogen and oxygen atoms in total. The zero-order valence-electron chi connectivity index (χ0n) is 8.51. The number of aliphatic hydroxyl groups excluding tert-OH is 1. The first-order valence-corrected chi connectivity index (χ1v) is 6.38. The molecule has 0 aliphatic carbocycles. The molecule has 1 aliphatic rings. The lowest BCUT2D eigenvalue weighted by Crippen LogP contribution is -2.29. The number of halogens is 1. The average molecular weight is 245 g/mol. The van der Waals surface area contributed by atoms with Gasteiger partial charge in [0, 0.05) is 13.1 Å². The van der Waals surface area contributed by atoms with Crippen LogP contribution in [0.2, 0.25) is 0 Å². The van der Waals surface area contributed by atoms with Crippen molar-refractivity contribution in [3.8, 4) is 0 Å². The lowest BCUT2D eigenvalue weighted by atomic mass is 10.3. The van der Waals surface area contributed by atoms with Gasteiger partial charge in [0.25, 0.3) is 0 Å². The zero-order chi connectivity index (χ0) is 11.8. The average Bonchev–Trinajstić information content (AvgIpc) is 2.65. The van der Waals surface area contributed by atoms with Gasteiger partial charge in [0.05, 0.1) is 11.0 Å². The standard InChI is InChI=1S/C10H12FNO3S/c11-8-2-1-3-10(6-8)16(14,15)12-5-4-9(13)7-12/h1-3,6,9,13H,4-5,7H2/t9-/m1/s1. The fourth-order valence-electron chi connectivity index (χ4n) is 1.71. The molecular formula is C10H12FNO3S. The highest BCUT2D eigenvalue weighted by atomic mass is 32.2. The Balaban J connectivity index is 2.32. The SMILES string of the molecule is O=S(=O)(c1cccc(F)c1)N1CC[C@@H](O)C1. The van der Waals surface area contributed by atoms with Gasteiger partial charge in [-0.2, -0.15) is 4.31 Å². The minimum absolute atomic E-state index is 0.0680. The Morgan fingerprint density at radius 3 is 2.75 bits per heavy atom. The van der Waals surface area contributed by atoms with Crippen LogP contribution in [-0.4, -0.2) is 37.0 Å². The number of hydrogen-bond acceptors (Lipinski definition) is 3. The van der Waals surface area contributed by atoms with Gasteiger partial charge in [-0.25, -0.2) is 12.8 Å². The van der Waals surface area contributed by atoms with Crippen LogP contribution in [0.25, 0.3) is 0 Å². The van der Waals surface area contributed by atoms with Crippen molar-refractivity contribution >= 4 is 10.0 Å². The second kappa shape index (κ2) is 4.12. The molecule has 0 bridgehead atoms. The largest absolute Gasteiger partial charge is 0.392 e. The van der Waals surface area contributed by atoms with E-state index in [0.29, 0.717) is 6.42 Å². The van der Waals surface area contributed by atoms with Crippen molar-refractivity contribution in [1.82, 2.24) is 4.31 Å². The van der Waals surface area contributed by atoms with Crippen LogP contribution in [-0.2, 0) is 10.0 Å². The van der Waals surface area contributed by atoms with Gasteiger partial charge in [0.2, 0.25) is 10.0 Å². The molecule has 6 heteroatoms. The lowest BCUT2D eigenvalue weighted by molar-refractivity contribution is 0.189. The van der Waals surface area contributed by atoms with Crippen molar-refractivity contribution in [1.29, 1.82) is 0 Å². The van der Waals surface area contributed by atoms with E-state index in [1.165, 1.54) is 22.5 Å². The lowest BCUT2D eigenvalue weighted by Gasteiger charge is -2.15. The molecule has 0 aromatic heterocycles. The highest BCUT2D eigenvalue weighted by Crippen LogP contribution is 2.21. The number of benzene rings is 1. The molecule has 1 aliphatic heterocycles. The van der Waals surface area contributed by atoms with Gasteiger partial charge in [0.15, 0.2) is 0 Å². The van der Waals surface area contributed by atoms with Gasteiger partial charge in [-0.05, 0) is 24.6 Å². The highest BCUT2D eigenvalue weighted by Gasteiger charge is 2.31. The molecular weight excluding hydrogens is 233 g/mol. The van der Waals surface area contributed by atoms with Gasteiger partial charge in [-0.3, -0.25) is 0 Å². The summed E-state index contributed by atoms with van der Waals surface area (Å²) in [6, 6.07) is 4.88. The van der Waals surface area contributed by atoms with E-state index in [1.54, 1.807) is 0 Å². The summed E-state index contributed by atoms with van der Waals surface area (Å²) in [4.78, 5) is -0.0680. The van der Waals surface area contributed by atoms with Gasteiger partial charge < -0.3 is 5.11 Å². The van der Waals surface area contributed by atoms with Gasteiger partial charge >= 0.3 is 0 Å². The monoisotopic (exact) mass is 245 g/mol. The molecule has 1 N–H and O–H groups in total. The summed E-state index contributed by atoms with van der Waals surface area (Å²) in [6.07, 6.45) is -0.197. The molecule has 0 unspecified atom stereocenters. The summed E-state index contributed by atoms with van der Waals surface area (Å²) in [7, 11) is -3.66.